The number of fused-ring (bicyclic) bond motifs is 1. The molecule has 0 saturated heterocycles. The van der Waals surface area contributed by atoms with Crippen LogP contribution in [-0.4, -0.2) is 30.0 Å². The Morgan fingerprint density at radius 2 is 1.87 bits per heavy atom. The van der Waals surface area contributed by atoms with Gasteiger partial charge in [0, 0.05) is 53.8 Å². The Kier molecular flexibility index (Phi) is 7.81. The van der Waals surface area contributed by atoms with Crippen LogP contribution in [0.2, 0.25) is 5.02 Å². The summed E-state index contributed by atoms with van der Waals surface area (Å²) < 4.78 is 10.5. The van der Waals surface area contributed by atoms with Gasteiger partial charge in [-0.3, -0.25) is 4.79 Å². The van der Waals surface area contributed by atoms with Gasteiger partial charge in [0.25, 0.3) is 0 Å². The van der Waals surface area contributed by atoms with Gasteiger partial charge in [-0.15, -0.1) is 0 Å². The van der Waals surface area contributed by atoms with E-state index in [4.69, 9.17) is 16.3 Å². The van der Waals surface area contributed by atoms with E-state index in [0.29, 0.717) is 5.56 Å². The highest BCUT2D eigenvalue weighted by Gasteiger charge is 2.06. The van der Waals surface area contributed by atoms with Crippen molar-refractivity contribution < 1.29 is 9.53 Å². The van der Waals surface area contributed by atoms with Crippen molar-refractivity contribution in [3.63, 3.8) is 0 Å². The van der Waals surface area contributed by atoms with Crippen molar-refractivity contribution in [1.82, 2.24) is 9.55 Å². The third-order valence-corrected chi connectivity index (χ3v) is 5.60. The molecular formula is C23H23ClN4O2S. The lowest BCUT2D eigenvalue weighted by Gasteiger charge is -2.11. The van der Waals surface area contributed by atoms with Gasteiger partial charge in [-0.1, -0.05) is 11.6 Å². The van der Waals surface area contributed by atoms with E-state index >= 15 is 0 Å². The molecule has 0 aliphatic heterocycles. The van der Waals surface area contributed by atoms with Crippen molar-refractivity contribution in [2.45, 2.75) is 4.90 Å². The number of hydrogen-bond acceptors (Lipinski definition) is 6. The fourth-order valence-electron chi connectivity index (χ4n) is 2.88. The van der Waals surface area contributed by atoms with E-state index in [2.05, 4.69) is 15.0 Å². The topological polar surface area (TPSA) is 68.2 Å². The zero-order valence-electron chi connectivity index (χ0n) is 17.4. The smallest absolute Gasteiger partial charge is 0.152 e. The number of rotatable bonds is 6. The molecule has 31 heavy (non-hydrogen) atoms. The van der Waals surface area contributed by atoms with Gasteiger partial charge in [0.15, 0.2) is 6.29 Å². The van der Waals surface area contributed by atoms with Gasteiger partial charge in [-0.2, -0.15) is 0 Å². The van der Waals surface area contributed by atoms with E-state index < -0.39 is 0 Å². The Morgan fingerprint density at radius 1 is 1.13 bits per heavy atom. The Bertz CT molecular complexity index is 1160. The molecule has 2 aromatic carbocycles. The maximum Gasteiger partial charge on any atom is 0.152 e. The van der Waals surface area contributed by atoms with Crippen molar-refractivity contribution >= 4 is 52.2 Å². The number of anilines is 2. The van der Waals surface area contributed by atoms with Gasteiger partial charge in [0.1, 0.15) is 11.4 Å². The van der Waals surface area contributed by atoms with Gasteiger partial charge in [-0.05, 0) is 66.5 Å². The Hall–Kier alpha value is -3.16. The molecule has 0 bridgehead atoms. The number of aryl methyl sites for hydroxylation is 1. The zero-order valence-corrected chi connectivity index (χ0v) is 19.0. The number of carbonyl (C=O) groups excluding carboxylic acids is 1. The van der Waals surface area contributed by atoms with Crippen molar-refractivity contribution in [1.29, 1.82) is 0 Å². The number of nitrogens with one attached hydrogen (secondary N) is 2. The molecule has 0 unspecified atom stereocenters. The van der Waals surface area contributed by atoms with E-state index in [9.17, 15) is 4.79 Å². The van der Waals surface area contributed by atoms with Gasteiger partial charge >= 0.3 is 0 Å². The summed E-state index contributed by atoms with van der Waals surface area (Å²) in [6, 6.07) is 17.3. The standard InChI is InChI=1S/C14H15ClN2OS.C9H8N2O/c1-16-12-7-8-13(18-2)14(9-12)19-17-11-5-3-10(15)4-6-11;1-11-5-7(6-12)8-3-2-4-10-9(8)11/h3-9,16-17H,1-2H3;2-6H,1H3. The highest BCUT2D eigenvalue weighted by atomic mass is 35.5. The third-order valence-electron chi connectivity index (χ3n) is 4.47. The molecule has 4 rings (SSSR count). The van der Waals surface area contributed by atoms with E-state index in [0.717, 1.165) is 44.4 Å². The first-order chi connectivity index (χ1) is 15.0. The second-order valence-electron chi connectivity index (χ2n) is 6.51. The molecule has 4 aromatic rings. The molecule has 2 heterocycles. The number of ether oxygens (including phenoxy) is 1. The van der Waals surface area contributed by atoms with Crippen molar-refractivity contribution in [3.8, 4) is 5.75 Å². The van der Waals surface area contributed by atoms with Gasteiger partial charge < -0.3 is 19.3 Å². The van der Waals surface area contributed by atoms with E-state index in [1.54, 1.807) is 19.5 Å². The summed E-state index contributed by atoms with van der Waals surface area (Å²) in [5.74, 6) is 0.838. The van der Waals surface area contributed by atoms with Crippen LogP contribution >= 0.6 is 23.5 Å². The van der Waals surface area contributed by atoms with Gasteiger partial charge in [0.05, 0.1) is 12.0 Å². The van der Waals surface area contributed by atoms with Crippen LogP contribution in [0.3, 0.4) is 0 Å². The molecule has 0 atom stereocenters. The number of halogens is 1. The molecule has 6 nitrogen and oxygen atoms in total. The second-order valence-corrected chi connectivity index (χ2v) is 7.80. The van der Waals surface area contributed by atoms with Crippen molar-refractivity contribution in [2.24, 2.45) is 7.05 Å². The monoisotopic (exact) mass is 454 g/mol. The molecule has 0 radical (unpaired) electrons. The number of aldehydes is 1. The molecule has 0 amide bonds. The average molecular weight is 455 g/mol. The third kappa shape index (κ3) is 5.71. The van der Waals surface area contributed by atoms with Crippen LogP contribution in [-0.2, 0) is 7.05 Å². The minimum Gasteiger partial charge on any atom is -0.496 e. The molecule has 0 saturated carbocycles. The Morgan fingerprint density at radius 3 is 2.55 bits per heavy atom. The number of benzene rings is 2. The quantitative estimate of drug-likeness (QED) is 0.279. The molecular weight excluding hydrogens is 432 g/mol. The zero-order chi connectivity index (χ0) is 22.2. The summed E-state index contributed by atoms with van der Waals surface area (Å²) in [7, 11) is 5.44. The summed E-state index contributed by atoms with van der Waals surface area (Å²) >= 11 is 7.36. The molecule has 0 spiro atoms. The number of pyridine rings is 1. The van der Waals surface area contributed by atoms with E-state index in [1.807, 2.05) is 73.3 Å². The number of nitrogens with zero attached hydrogens (tertiary/aromatic N) is 2. The first-order valence-electron chi connectivity index (χ1n) is 9.45. The van der Waals surface area contributed by atoms with Crippen molar-refractivity contribution in [3.05, 3.63) is 77.6 Å². The summed E-state index contributed by atoms with van der Waals surface area (Å²) in [6.45, 7) is 0. The van der Waals surface area contributed by atoms with Gasteiger partial charge in [0.2, 0.25) is 0 Å². The fraction of sp³-hybridized carbons (Fsp3) is 0.130. The molecule has 160 valence electrons. The fourth-order valence-corrected chi connectivity index (χ4v) is 3.81. The van der Waals surface area contributed by atoms with Crippen LogP contribution in [0.4, 0.5) is 11.4 Å². The van der Waals surface area contributed by atoms with Crippen LogP contribution < -0.4 is 14.8 Å². The van der Waals surface area contributed by atoms with E-state index in [-0.39, 0.29) is 0 Å². The summed E-state index contributed by atoms with van der Waals surface area (Å²) in [4.78, 5) is 15.8. The second kappa shape index (κ2) is 10.7. The predicted octanol–water partition coefficient (Wildman–Crippen LogP) is 5.90. The van der Waals surface area contributed by atoms with Crippen LogP contribution in [0.25, 0.3) is 11.0 Å². The summed E-state index contributed by atoms with van der Waals surface area (Å²) in [6.07, 6.45) is 4.35. The number of methoxy groups -OCH3 is 1. The van der Waals surface area contributed by atoms with Crippen LogP contribution in [0.1, 0.15) is 10.4 Å². The van der Waals surface area contributed by atoms with E-state index in [1.165, 1.54) is 11.9 Å². The first-order valence-corrected chi connectivity index (χ1v) is 10.6. The largest absolute Gasteiger partial charge is 0.496 e. The lowest BCUT2D eigenvalue weighted by atomic mass is 10.2. The molecule has 0 fully saturated rings. The molecule has 2 aromatic heterocycles. The Balaban J connectivity index is 0.000000194. The SMILES string of the molecule is CNc1ccc(OC)c(SNc2ccc(Cl)cc2)c1.Cn1cc(C=O)c2cccnc21. The van der Waals surface area contributed by atoms with Crippen LogP contribution in [0, 0.1) is 0 Å². The summed E-state index contributed by atoms with van der Waals surface area (Å²) in [5, 5.41) is 4.75. The normalized spacial score (nSPS) is 10.2. The number of hydrogen-bond donors (Lipinski definition) is 2. The minimum atomic E-state index is 0.695. The van der Waals surface area contributed by atoms with Crippen LogP contribution in [0.5, 0.6) is 5.75 Å². The summed E-state index contributed by atoms with van der Waals surface area (Å²) in [5.41, 5.74) is 3.58. The highest BCUT2D eigenvalue weighted by Crippen LogP contribution is 2.32. The average Bonchev–Trinajstić information content (AvgIpc) is 3.15. The lowest BCUT2D eigenvalue weighted by Crippen LogP contribution is -1.93. The number of carbonyl (C=O) groups is 1. The first kappa shape index (κ1) is 22.5. The van der Waals surface area contributed by atoms with Crippen LogP contribution in [0.15, 0.2) is 71.9 Å². The molecule has 8 heteroatoms. The molecule has 2 N–H and O–H groups in total. The Labute approximate surface area is 190 Å². The molecule has 0 aliphatic carbocycles. The van der Waals surface area contributed by atoms with Crippen molar-refractivity contribution in [2.75, 3.05) is 24.2 Å². The lowest BCUT2D eigenvalue weighted by molar-refractivity contribution is 0.112. The highest BCUT2D eigenvalue weighted by molar-refractivity contribution is 8.00. The number of aromatic nitrogens is 2. The maximum atomic E-state index is 10.6. The predicted molar refractivity (Wildman–Crippen MR) is 130 cm³/mol. The maximum absolute atomic E-state index is 10.6. The van der Waals surface area contributed by atoms with Gasteiger partial charge in [-0.25, -0.2) is 4.98 Å². The minimum absolute atomic E-state index is 0.695. The molecule has 0 aliphatic rings.